The standard InChI is InChI=1S/C81H86Cl2N10O26/c1-4-5-20-113-43-13-9-12-37(21-43)32-87-81(3)31-59(114-35(2)72(81)105)118-71-69(104)68(103)56(34-94)117-80(71)119-70-54-26-41-27-55(70)116-53-19-16-40(25-47(53)83)67(102)65-79(112)91-63(75(108)86-33-58(99)100)45-28-42(95)29-51(97)60(45)44-23-38(14-17-50(44)96)61(76(109)93-65)90-77(110)62(41)89-74(107)49(30-57(85)98)88-78(111)64(66(101)39-15-18-52(115-54)46(82)24-39)92-73(106)48(84)22-36-10-7-6-8-11-36/h4,6-19,21,23-29,35,48-49,56,59,61-69,71-72,80,87,94-97,101-105H,1,5,20,22,30-34,84H2,2-3H3,(H2,85,98)(H,86,108)(H,88,111)(H,89,107)(H,90,110)(H,91,112)(H,92,106)(H,93,109)(H,99,100)/t35-,48-,49-,56+,59-,61+,62+,63-,64+,65-,66+,67+,68+,69-,71+,72+,80-,81-/m0/s1. The summed E-state index contributed by atoms with van der Waals surface area (Å²) in [5.74, 6) is -17.1. The maximum absolute atomic E-state index is 16.3. The highest BCUT2D eigenvalue weighted by atomic mass is 35.5. The van der Waals surface area contributed by atoms with Gasteiger partial charge in [0, 0.05) is 35.7 Å². The number of carboxylic acids is 1. The molecule has 630 valence electrons. The van der Waals surface area contributed by atoms with Gasteiger partial charge >= 0.3 is 5.97 Å². The van der Waals surface area contributed by atoms with Gasteiger partial charge in [-0.25, -0.2) is 0 Å². The first-order valence-electron chi connectivity index (χ1n) is 37.3. The number of nitrogens with one attached hydrogen (secondary N) is 8. The Kier molecular flexibility index (Phi) is 27.0. The quantitative estimate of drug-likeness (QED) is 0.0361. The number of carbonyl (C=O) groups is 9. The van der Waals surface area contributed by atoms with Crippen LogP contribution < -0.4 is 72.9 Å². The number of rotatable bonds is 21. The van der Waals surface area contributed by atoms with Crippen LogP contribution in [0.4, 0.5) is 0 Å². The number of amides is 8. The topological polar surface area (TPSA) is 569 Å². The Labute approximate surface area is 687 Å². The second-order valence-corrected chi connectivity index (χ2v) is 30.0. The lowest BCUT2D eigenvalue weighted by atomic mass is 9.84. The van der Waals surface area contributed by atoms with Crippen LogP contribution in [-0.4, -0.2) is 203 Å². The van der Waals surface area contributed by atoms with E-state index < -0.39 is 260 Å². The zero-order valence-corrected chi connectivity index (χ0v) is 64.9. The van der Waals surface area contributed by atoms with E-state index in [1.54, 1.807) is 68.5 Å². The number of aliphatic hydroxyl groups excluding tert-OH is 6. The molecule has 0 aliphatic carbocycles. The van der Waals surface area contributed by atoms with Crippen LogP contribution in [0, 0.1) is 0 Å². The van der Waals surface area contributed by atoms with E-state index in [0.717, 1.165) is 72.3 Å². The van der Waals surface area contributed by atoms with Gasteiger partial charge in [-0.05, 0) is 132 Å². The zero-order valence-electron chi connectivity index (χ0n) is 63.4. The van der Waals surface area contributed by atoms with Crippen molar-refractivity contribution in [1.29, 1.82) is 0 Å². The highest BCUT2D eigenvalue weighted by Crippen LogP contribution is 2.50. The van der Waals surface area contributed by atoms with Crippen LogP contribution in [0.25, 0.3) is 11.1 Å². The number of fused-ring (bicyclic) bond motifs is 15. The molecule has 38 heteroatoms. The number of phenolic OH excluding ortho intramolecular Hbond substituents is 3. The Morgan fingerprint density at radius 3 is 2.00 bits per heavy atom. The second kappa shape index (κ2) is 37.0. The summed E-state index contributed by atoms with van der Waals surface area (Å²) in [5, 5.41) is 135. The summed E-state index contributed by atoms with van der Waals surface area (Å²) < 4.78 is 45.3. The molecule has 14 rings (SSSR count). The summed E-state index contributed by atoms with van der Waals surface area (Å²) in [6, 6.07) is 14.1. The average molecular weight is 1690 g/mol. The Hall–Kier alpha value is -11.8. The van der Waals surface area contributed by atoms with Gasteiger partial charge in [0.2, 0.25) is 59.3 Å². The average Bonchev–Trinajstić information content (AvgIpc) is 0.765. The first-order chi connectivity index (χ1) is 56.7. The van der Waals surface area contributed by atoms with Crippen LogP contribution in [0.5, 0.6) is 51.7 Å². The van der Waals surface area contributed by atoms with Gasteiger partial charge in [0.15, 0.2) is 23.9 Å². The monoisotopic (exact) mass is 1680 g/mol. The van der Waals surface area contributed by atoms with Gasteiger partial charge in [0.1, 0.15) is 108 Å². The number of aromatic hydroxyl groups is 3. The second-order valence-electron chi connectivity index (χ2n) is 29.2. The van der Waals surface area contributed by atoms with Crippen molar-refractivity contribution in [2.24, 2.45) is 11.5 Å². The van der Waals surface area contributed by atoms with Crippen molar-refractivity contribution in [3.63, 3.8) is 0 Å². The zero-order chi connectivity index (χ0) is 85.6. The molecule has 2 fully saturated rings. The Bertz CT molecular complexity index is 5050. The lowest BCUT2D eigenvalue weighted by Gasteiger charge is -2.48. The van der Waals surface area contributed by atoms with Crippen LogP contribution >= 0.6 is 23.2 Å². The predicted octanol–water partition coefficient (Wildman–Crippen LogP) is 1.94. The number of halogens is 2. The molecule has 0 spiro atoms. The molecule has 7 aromatic rings. The van der Waals surface area contributed by atoms with E-state index in [1.807, 2.05) is 6.07 Å². The number of phenols is 3. The van der Waals surface area contributed by atoms with Crippen LogP contribution in [0.2, 0.25) is 10.0 Å². The van der Waals surface area contributed by atoms with Crippen molar-refractivity contribution in [1.82, 2.24) is 42.5 Å². The summed E-state index contributed by atoms with van der Waals surface area (Å²) in [7, 11) is 0. The van der Waals surface area contributed by atoms with Gasteiger partial charge in [-0.2, -0.15) is 0 Å². The molecule has 8 amide bonds. The summed E-state index contributed by atoms with van der Waals surface area (Å²) in [4.78, 5) is 131. The van der Waals surface area contributed by atoms with Crippen molar-refractivity contribution in [3.05, 3.63) is 195 Å². The van der Waals surface area contributed by atoms with E-state index in [9.17, 15) is 70.2 Å². The smallest absolute Gasteiger partial charge is 0.322 e. The van der Waals surface area contributed by atoms with Crippen molar-refractivity contribution < 1.29 is 127 Å². The summed E-state index contributed by atoms with van der Waals surface area (Å²) in [6.07, 6.45) is -17.0. The van der Waals surface area contributed by atoms with Gasteiger partial charge in [-0.3, -0.25) is 43.2 Å². The van der Waals surface area contributed by atoms with Crippen LogP contribution in [-0.2, 0) is 70.3 Å². The molecule has 18 atom stereocenters. The van der Waals surface area contributed by atoms with Crippen molar-refractivity contribution in [2.75, 3.05) is 19.8 Å². The maximum Gasteiger partial charge on any atom is 0.322 e. The van der Waals surface area contributed by atoms with Crippen LogP contribution in [0.1, 0.15) is 102 Å². The van der Waals surface area contributed by atoms with E-state index in [-0.39, 0.29) is 36.3 Å². The fraction of sp³-hybridized carbons (Fsp3) is 0.346. The van der Waals surface area contributed by atoms with Gasteiger partial charge in [-0.15, -0.1) is 6.58 Å². The SMILES string of the molecule is C=CCCOc1cccc(CN[C@@]2(C)C[C@H](O[C@H]3[C@H](Oc4c5cc6cc4Oc4ccc(cc4Cl)[C@@H](O)[C@@H](NC(=O)[C@@H](N)Cc4ccccc4)C(=O)N[C@@H](CC(N)=O)C(=O)N[C@H]6C(=O)N[C@H]4C(=O)N[C@H](C(=O)N[C@H](C(=O)NCC(=O)O)c6cc(O)cc(O)c6-c6cc4ccc6O)[C@H](O)c4ccc(c(Cl)c4)O5)O[C@H](CO)[C@@H](O)[C@@H]3O)O[C@@H](C)[C@H]2O)c1. The number of aliphatic carboxylic acids is 1. The molecule has 7 aliphatic heterocycles. The molecule has 119 heavy (non-hydrogen) atoms. The molecule has 2 saturated heterocycles. The molecule has 0 unspecified atom stereocenters. The molecule has 22 N–H and O–H groups in total. The van der Waals surface area contributed by atoms with Gasteiger partial charge in [0.25, 0.3) is 0 Å². The van der Waals surface area contributed by atoms with Crippen LogP contribution in [0.3, 0.4) is 0 Å². The molecule has 0 aromatic heterocycles. The van der Waals surface area contributed by atoms with Gasteiger partial charge in [-0.1, -0.05) is 89.9 Å². The van der Waals surface area contributed by atoms with E-state index in [4.69, 9.17) is 67.8 Å². The first kappa shape index (κ1) is 86.6. The Morgan fingerprint density at radius 1 is 0.697 bits per heavy atom. The summed E-state index contributed by atoms with van der Waals surface area (Å²) in [5.41, 5.74) is 9.25. The third-order valence-corrected chi connectivity index (χ3v) is 21.2. The number of hydrogen-bond donors (Lipinski definition) is 20. The molecule has 7 aliphatic rings. The fourth-order valence-electron chi connectivity index (χ4n) is 14.4. The number of benzene rings is 7. The lowest BCUT2D eigenvalue weighted by molar-refractivity contribution is -0.334. The third kappa shape index (κ3) is 19.7. The third-order valence-electron chi connectivity index (χ3n) is 20.6. The number of primary amides is 1. The largest absolute Gasteiger partial charge is 0.508 e. The first-order valence-corrected chi connectivity index (χ1v) is 38.1. The number of carbonyl (C=O) groups excluding carboxylic acids is 8. The van der Waals surface area contributed by atoms with E-state index >= 15 is 24.0 Å². The van der Waals surface area contributed by atoms with Crippen molar-refractivity contribution >= 4 is 76.4 Å². The minimum Gasteiger partial charge on any atom is -0.508 e. The van der Waals surface area contributed by atoms with E-state index in [1.165, 1.54) is 12.1 Å². The molecular weight excluding hydrogens is 1600 g/mol. The molecule has 11 bridgehead atoms. The highest BCUT2D eigenvalue weighted by molar-refractivity contribution is 6.32. The Morgan fingerprint density at radius 2 is 1.34 bits per heavy atom. The molecule has 7 heterocycles. The molecule has 0 saturated carbocycles. The van der Waals surface area contributed by atoms with Crippen molar-refractivity contribution in [3.8, 4) is 62.9 Å². The number of ether oxygens (including phenoxy) is 7. The maximum atomic E-state index is 16.3. The van der Waals surface area contributed by atoms with Crippen LogP contribution in [0.15, 0.2) is 146 Å². The minimum absolute atomic E-state index is 0.106. The molecule has 7 aromatic carbocycles. The number of nitrogens with two attached hydrogens (primary N) is 2. The van der Waals surface area contributed by atoms with Crippen molar-refractivity contribution in [2.45, 2.75) is 155 Å². The van der Waals surface area contributed by atoms with E-state index in [2.05, 4.69) is 49.1 Å². The Balaban J connectivity index is 1.05. The molecular formula is C81H86Cl2N10O26. The highest BCUT2D eigenvalue weighted by Gasteiger charge is 2.52. The summed E-state index contributed by atoms with van der Waals surface area (Å²) in [6.45, 7) is 5.42. The predicted molar refractivity (Wildman–Crippen MR) is 418 cm³/mol. The van der Waals surface area contributed by atoms with Gasteiger partial charge < -0.3 is 138 Å². The van der Waals surface area contributed by atoms with E-state index in [0.29, 0.717) is 24.3 Å². The number of carboxylic acid groups (broad SMARTS) is 1. The lowest BCUT2D eigenvalue weighted by Crippen LogP contribution is -2.65. The summed E-state index contributed by atoms with van der Waals surface area (Å²) >= 11 is 14.3. The van der Waals surface area contributed by atoms with Gasteiger partial charge in [0.05, 0.1) is 47.9 Å². The number of hydrogen-bond acceptors (Lipinski definition) is 27. The molecule has 36 nitrogen and oxygen atoms in total. The molecule has 0 radical (unpaired) electrons. The number of aliphatic hydroxyl groups is 6. The fourth-order valence-corrected chi connectivity index (χ4v) is 14.8. The minimum atomic E-state index is -2.41. The normalized spacial score (nSPS) is 26.5.